The maximum atomic E-state index is 5.76. The molecule has 5 heteroatoms. The van der Waals surface area contributed by atoms with Crippen molar-refractivity contribution in [3.05, 3.63) is 33.8 Å². The van der Waals surface area contributed by atoms with Gasteiger partial charge in [-0.25, -0.2) is 0 Å². The van der Waals surface area contributed by atoms with Crippen molar-refractivity contribution in [2.45, 2.75) is 39.8 Å². The van der Waals surface area contributed by atoms with Crippen molar-refractivity contribution in [3.8, 4) is 11.5 Å². The minimum absolute atomic E-state index is 0.0593. The van der Waals surface area contributed by atoms with Crippen molar-refractivity contribution in [3.63, 3.8) is 0 Å². The second-order valence-corrected chi connectivity index (χ2v) is 7.14. The number of rotatable bonds is 7. The van der Waals surface area contributed by atoms with Crippen LogP contribution in [-0.4, -0.2) is 18.8 Å². The van der Waals surface area contributed by atoms with Gasteiger partial charge in [-0.15, -0.1) is 0 Å². The third-order valence-corrected chi connectivity index (χ3v) is 3.26. The molecule has 0 atom stereocenters. The molecule has 0 radical (unpaired) electrons. The third-order valence-electron chi connectivity index (χ3n) is 2.57. The van der Waals surface area contributed by atoms with E-state index < -0.39 is 0 Å². The Morgan fingerprint density at radius 2 is 2.00 bits per heavy atom. The van der Waals surface area contributed by atoms with Gasteiger partial charge in [-0.1, -0.05) is 18.2 Å². The second-order valence-electron chi connectivity index (χ2n) is 5.75. The second kappa shape index (κ2) is 8.06. The molecule has 0 aromatic heterocycles. The van der Waals surface area contributed by atoms with E-state index in [1.54, 1.807) is 0 Å². The Hall–Kier alpha value is -0.710. The zero-order chi connectivity index (χ0) is 16.0. The van der Waals surface area contributed by atoms with Crippen molar-refractivity contribution >= 4 is 27.5 Å². The summed E-state index contributed by atoms with van der Waals surface area (Å²) in [6.45, 7) is 13.5. The van der Waals surface area contributed by atoms with Crippen LogP contribution in [0.25, 0.3) is 0 Å². The van der Waals surface area contributed by atoms with Crippen LogP contribution in [0.1, 0.15) is 33.3 Å². The van der Waals surface area contributed by atoms with Gasteiger partial charge in [0.2, 0.25) is 0 Å². The highest BCUT2D eigenvalue weighted by molar-refractivity contribution is 9.10. The van der Waals surface area contributed by atoms with Crippen molar-refractivity contribution in [2.75, 3.05) is 13.2 Å². The first kappa shape index (κ1) is 18.3. The van der Waals surface area contributed by atoms with E-state index in [0.717, 1.165) is 16.6 Å². The van der Waals surface area contributed by atoms with Crippen LogP contribution in [0.15, 0.2) is 28.2 Å². The molecule has 1 N–H and O–H groups in total. The number of halogens is 2. The number of ether oxygens (including phenoxy) is 2. The Balaban J connectivity index is 2.97. The quantitative estimate of drug-likeness (QED) is 0.736. The Bertz CT molecular complexity index is 498. The largest absolute Gasteiger partial charge is 0.490 e. The predicted octanol–water partition coefficient (Wildman–Crippen LogP) is 4.87. The Morgan fingerprint density at radius 1 is 1.33 bits per heavy atom. The lowest BCUT2D eigenvalue weighted by Gasteiger charge is -2.21. The lowest BCUT2D eigenvalue weighted by molar-refractivity contribution is 0.293. The summed E-state index contributed by atoms with van der Waals surface area (Å²) < 4.78 is 12.2. The average Bonchev–Trinajstić information content (AvgIpc) is 2.34. The fourth-order valence-electron chi connectivity index (χ4n) is 1.64. The summed E-state index contributed by atoms with van der Waals surface area (Å²) in [5, 5.41) is 3.90. The molecule has 0 bridgehead atoms. The highest BCUT2D eigenvalue weighted by atomic mass is 79.9. The monoisotopic (exact) mass is 375 g/mol. The molecule has 0 unspecified atom stereocenters. The van der Waals surface area contributed by atoms with Crippen molar-refractivity contribution < 1.29 is 9.47 Å². The Morgan fingerprint density at radius 3 is 2.52 bits per heavy atom. The van der Waals surface area contributed by atoms with Gasteiger partial charge in [-0.3, -0.25) is 0 Å². The van der Waals surface area contributed by atoms with E-state index in [1.807, 2.05) is 19.1 Å². The zero-order valence-electron chi connectivity index (χ0n) is 13.1. The first-order chi connectivity index (χ1) is 9.73. The molecule has 0 aliphatic heterocycles. The minimum Gasteiger partial charge on any atom is -0.490 e. The maximum Gasteiger partial charge on any atom is 0.175 e. The summed E-state index contributed by atoms with van der Waals surface area (Å²) in [7, 11) is 0. The molecule has 1 aromatic rings. The van der Waals surface area contributed by atoms with E-state index in [2.05, 4.69) is 48.6 Å². The molecule has 1 aromatic carbocycles. The zero-order valence-corrected chi connectivity index (χ0v) is 15.4. The standard InChI is InChI=1S/C16H23BrClNO2/c1-6-20-14-8-12(9-19-16(3,4)5)7-13(17)15(14)21-10-11(2)18/h7-8,19H,2,6,9-10H2,1,3-5H3. The predicted molar refractivity (Wildman–Crippen MR) is 92.4 cm³/mol. The fourth-order valence-corrected chi connectivity index (χ4v) is 2.30. The third kappa shape index (κ3) is 6.72. The van der Waals surface area contributed by atoms with E-state index in [1.165, 1.54) is 0 Å². The SMILES string of the molecule is C=C(Cl)COc1c(Br)cc(CNC(C)(C)C)cc1OCC. The van der Waals surface area contributed by atoms with Gasteiger partial charge >= 0.3 is 0 Å². The summed E-state index contributed by atoms with van der Waals surface area (Å²) in [6, 6.07) is 4.01. The van der Waals surface area contributed by atoms with Crippen molar-refractivity contribution in [1.29, 1.82) is 0 Å². The van der Waals surface area contributed by atoms with E-state index >= 15 is 0 Å². The molecule has 0 amide bonds. The van der Waals surface area contributed by atoms with E-state index in [4.69, 9.17) is 21.1 Å². The van der Waals surface area contributed by atoms with Crippen molar-refractivity contribution in [1.82, 2.24) is 5.32 Å². The normalized spacial score (nSPS) is 11.3. The van der Waals surface area contributed by atoms with Gasteiger partial charge in [-0.2, -0.15) is 0 Å². The Kier molecular flexibility index (Phi) is 7.04. The number of benzene rings is 1. The van der Waals surface area contributed by atoms with Crippen LogP contribution in [0, 0.1) is 0 Å². The molecular formula is C16H23BrClNO2. The highest BCUT2D eigenvalue weighted by Crippen LogP contribution is 2.37. The smallest absolute Gasteiger partial charge is 0.175 e. The van der Waals surface area contributed by atoms with Crippen LogP contribution >= 0.6 is 27.5 Å². The summed E-state index contributed by atoms with van der Waals surface area (Å²) >= 11 is 9.29. The molecule has 1 rings (SSSR count). The molecule has 3 nitrogen and oxygen atoms in total. The average molecular weight is 377 g/mol. The van der Waals surface area contributed by atoms with Gasteiger partial charge in [0, 0.05) is 17.1 Å². The number of nitrogens with one attached hydrogen (secondary N) is 1. The van der Waals surface area contributed by atoms with Gasteiger partial charge in [0.1, 0.15) is 6.61 Å². The van der Waals surface area contributed by atoms with Crippen LogP contribution in [0.3, 0.4) is 0 Å². The number of hydrogen-bond donors (Lipinski definition) is 1. The molecular weight excluding hydrogens is 354 g/mol. The van der Waals surface area contributed by atoms with Crippen LogP contribution in [0.4, 0.5) is 0 Å². The lowest BCUT2D eigenvalue weighted by atomic mass is 10.1. The first-order valence-electron chi connectivity index (χ1n) is 6.89. The van der Waals surface area contributed by atoms with Crippen LogP contribution in [0.5, 0.6) is 11.5 Å². The molecule has 0 spiro atoms. The Labute approximate surface area is 140 Å². The van der Waals surface area contributed by atoms with Crippen LogP contribution in [0.2, 0.25) is 0 Å². The molecule has 0 saturated heterocycles. The van der Waals surface area contributed by atoms with Gasteiger partial charge in [-0.05, 0) is 61.3 Å². The van der Waals surface area contributed by atoms with E-state index in [0.29, 0.717) is 23.1 Å². The molecule has 118 valence electrons. The van der Waals surface area contributed by atoms with E-state index in [-0.39, 0.29) is 12.1 Å². The van der Waals surface area contributed by atoms with Gasteiger partial charge in [0.15, 0.2) is 11.5 Å². The molecule has 0 fully saturated rings. The maximum absolute atomic E-state index is 5.76. The summed E-state index contributed by atoms with van der Waals surface area (Å²) in [6.07, 6.45) is 0. The molecule has 0 saturated carbocycles. The first-order valence-corrected chi connectivity index (χ1v) is 8.06. The van der Waals surface area contributed by atoms with Gasteiger partial charge in [0.25, 0.3) is 0 Å². The number of hydrogen-bond acceptors (Lipinski definition) is 3. The van der Waals surface area contributed by atoms with E-state index in [9.17, 15) is 0 Å². The van der Waals surface area contributed by atoms with Gasteiger partial charge in [0.05, 0.1) is 11.1 Å². The fraction of sp³-hybridized carbons (Fsp3) is 0.500. The molecule has 0 aliphatic rings. The lowest BCUT2D eigenvalue weighted by Crippen LogP contribution is -2.35. The molecule has 21 heavy (non-hydrogen) atoms. The van der Waals surface area contributed by atoms with Crippen molar-refractivity contribution in [2.24, 2.45) is 0 Å². The summed E-state index contributed by atoms with van der Waals surface area (Å²) in [4.78, 5) is 0. The molecule has 0 heterocycles. The van der Waals surface area contributed by atoms with Crippen LogP contribution < -0.4 is 14.8 Å². The van der Waals surface area contributed by atoms with Gasteiger partial charge < -0.3 is 14.8 Å². The minimum atomic E-state index is 0.0593. The summed E-state index contributed by atoms with van der Waals surface area (Å²) in [5.74, 6) is 1.36. The summed E-state index contributed by atoms with van der Waals surface area (Å²) in [5.41, 5.74) is 1.18. The topological polar surface area (TPSA) is 30.5 Å². The van der Waals surface area contributed by atoms with Crippen LogP contribution in [-0.2, 0) is 6.54 Å². The highest BCUT2D eigenvalue weighted by Gasteiger charge is 2.14. The molecule has 0 aliphatic carbocycles.